The molecule has 7 nitrogen and oxygen atoms in total. The van der Waals surface area contributed by atoms with Gasteiger partial charge in [-0.2, -0.15) is 0 Å². The Hall–Kier alpha value is -1.35. The van der Waals surface area contributed by atoms with E-state index in [0.29, 0.717) is 18.7 Å². The van der Waals surface area contributed by atoms with E-state index in [1.807, 2.05) is 6.92 Å². The third-order valence-corrected chi connectivity index (χ3v) is 6.49. The number of ether oxygens (including phenoxy) is 1. The molecule has 1 amide bonds. The molecule has 0 aliphatic carbocycles. The lowest BCUT2D eigenvalue weighted by molar-refractivity contribution is 0.0660. The molecule has 2 unspecified atom stereocenters. The maximum atomic E-state index is 12.9. The number of carbonyl (C=O) groups is 1. The number of nitrogens with zero attached hydrogens (tertiary/aromatic N) is 2. The molecular weight excluding hydrogens is 378 g/mol. The van der Waals surface area contributed by atoms with Crippen molar-refractivity contribution in [2.24, 2.45) is 11.7 Å². The molecule has 2 N–H and O–H groups in total. The quantitative estimate of drug-likeness (QED) is 0.802. The molecule has 0 bridgehead atoms. The molecular formula is C17H28ClN3O4S. The van der Waals surface area contributed by atoms with Crippen molar-refractivity contribution in [1.29, 1.82) is 0 Å². The normalized spacial score (nSPS) is 19.0. The van der Waals surface area contributed by atoms with Crippen molar-refractivity contribution in [1.82, 2.24) is 9.21 Å². The number of rotatable bonds is 5. The van der Waals surface area contributed by atoms with E-state index >= 15 is 0 Å². The number of hydrogen-bond acceptors (Lipinski definition) is 5. The molecule has 1 aliphatic rings. The van der Waals surface area contributed by atoms with Crippen LogP contribution >= 0.6 is 12.4 Å². The van der Waals surface area contributed by atoms with Gasteiger partial charge in [0, 0.05) is 38.8 Å². The molecule has 148 valence electrons. The van der Waals surface area contributed by atoms with Crippen molar-refractivity contribution in [3.05, 3.63) is 23.8 Å². The fourth-order valence-electron chi connectivity index (χ4n) is 3.01. The first-order valence-corrected chi connectivity index (χ1v) is 9.78. The summed E-state index contributed by atoms with van der Waals surface area (Å²) >= 11 is 0. The lowest BCUT2D eigenvalue weighted by Crippen LogP contribution is -2.45. The van der Waals surface area contributed by atoms with Gasteiger partial charge in [0.05, 0.1) is 7.11 Å². The molecule has 1 aromatic rings. The molecule has 1 aliphatic heterocycles. The summed E-state index contributed by atoms with van der Waals surface area (Å²) in [5.74, 6) is 0.307. The number of halogens is 1. The van der Waals surface area contributed by atoms with Crippen LogP contribution in [0, 0.1) is 5.92 Å². The van der Waals surface area contributed by atoms with Crippen LogP contribution in [-0.2, 0) is 10.0 Å². The third-order valence-electron chi connectivity index (χ3n) is 4.66. The molecule has 2 rings (SSSR count). The first-order chi connectivity index (χ1) is 11.7. The highest BCUT2D eigenvalue weighted by Gasteiger charge is 2.29. The van der Waals surface area contributed by atoms with Crippen molar-refractivity contribution in [2.75, 3.05) is 34.3 Å². The van der Waals surface area contributed by atoms with Crippen molar-refractivity contribution in [3.8, 4) is 5.75 Å². The molecule has 1 heterocycles. The smallest absolute Gasteiger partial charge is 0.253 e. The maximum Gasteiger partial charge on any atom is 0.253 e. The number of nitrogens with two attached hydrogens (primary N) is 1. The van der Waals surface area contributed by atoms with Crippen molar-refractivity contribution < 1.29 is 17.9 Å². The first kappa shape index (κ1) is 22.7. The van der Waals surface area contributed by atoms with E-state index < -0.39 is 10.0 Å². The summed E-state index contributed by atoms with van der Waals surface area (Å²) in [6.07, 6.45) is 1.90. The Labute approximate surface area is 161 Å². The highest BCUT2D eigenvalue weighted by Crippen LogP contribution is 2.28. The summed E-state index contributed by atoms with van der Waals surface area (Å²) in [5.41, 5.74) is 6.32. The predicted molar refractivity (Wildman–Crippen MR) is 103 cm³/mol. The number of amides is 1. The van der Waals surface area contributed by atoms with E-state index in [1.54, 1.807) is 11.0 Å². The zero-order valence-corrected chi connectivity index (χ0v) is 17.3. The number of piperidine rings is 1. The monoisotopic (exact) mass is 405 g/mol. The van der Waals surface area contributed by atoms with E-state index in [4.69, 9.17) is 10.5 Å². The number of methoxy groups -OCH3 is 1. The van der Waals surface area contributed by atoms with Crippen LogP contribution < -0.4 is 10.5 Å². The Balaban J connectivity index is 0.00000338. The summed E-state index contributed by atoms with van der Waals surface area (Å²) in [6, 6.07) is 4.55. The van der Waals surface area contributed by atoms with Crippen LogP contribution in [-0.4, -0.2) is 63.9 Å². The molecule has 0 spiro atoms. The Bertz CT molecular complexity index is 738. The molecule has 26 heavy (non-hydrogen) atoms. The number of sulfonamides is 1. The van der Waals surface area contributed by atoms with Crippen LogP contribution in [0.4, 0.5) is 0 Å². The van der Waals surface area contributed by atoms with Gasteiger partial charge >= 0.3 is 0 Å². The summed E-state index contributed by atoms with van der Waals surface area (Å²) in [4.78, 5) is 14.6. The average Bonchev–Trinajstić information content (AvgIpc) is 2.60. The maximum absolute atomic E-state index is 12.9. The second kappa shape index (κ2) is 9.03. The fourth-order valence-corrected chi connectivity index (χ4v) is 4.09. The van der Waals surface area contributed by atoms with Gasteiger partial charge in [0.15, 0.2) is 0 Å². The van der Waals surface area contributed by atoms with Gasteiger partial charge in [0.1, 0.15) is 10.6 Å². The lowest BCUT2D eigenvalue weighted by atomic mass is 9.92. The molecule has 0 saturated carbocycles. The standard InChI is InChI=1S/C17H27N3O4S.ClH/c1-12(18)14-6-5-9-20(11-14)17(21)13-7-8-15(24-4)16(10-13)25(22,23)19(2)3;/h7-8,10,12,14H,5-6,9,11,18H2,1-4H3;1H. The highest BCUT2D eigenvalue weighted by atomic mass is 35.5. The van der Waals surface area contributed by atoms with E-state index in [1.165, 1.54) is 33.3 Å². The predicted octanol–water partition coefficient (Wildman–Crippen LogP) is 1.57. The Morgan fingerprint density at radius 1 is 1.38 bits per heavy atom. The van der Waals surface area contributed by atoms with Gasteiger partial charge in [-0.25, -0.2) is 12.7 Å². The van der Waals surface area contributed by atoms with Crippen LogP contribution in [0.15, 0.2) is 23.1 Å². The van der Waals surface area contributed by atoms with Crippen molar-refractivity contribution in [2.45, 2.75) is 30.7 Å². The second-order valence-corrected chi connectivity index (χ2v) is 8.79. The van der Waals surface area contributed by atoms with Gasteiger partial charge in [0.2, 0.25) is 10.0 Å². The summed E-state index contributed by atoms with van der Waals surface area (Å²) < 4.78 is 31.3. The summed E-state index contributed by atoms with van der Waals surface area (Å²) in [7, 11) is 0.584. The molecule has 1 saturated heterocycles. The Kier molecular flexibility index (Phi) is 7.88. The van der Waals surface area contributed by atoms with Gasteiger partial charge in [0.25, 0.3) is 5.91 Å². The summed E-state index contributed by atoms with van der Waals surface area (Å²) in [6.45, 7) is 3.20. The van der Waals surface area contributed by atoms with Gasteiger partial charge in [-0.1, -0.05) is 0 Å². The minimum atomic E-state index is -3.71. The van der Waals surface area contributed by atoms with Crippen LogP contribution in [0.5, 0.6) is 5.75 Å². The van der Waals surface area contributed by atoms with Crippen LogP contribution in [0.3, 0.4) is 0 Å². The largest absolute Gasteiger partial charge is 0.495 e. The molecule has 1 fully saturated rings. The third kappa shape index (κ3) is 4.68. The van der Waals surface area contributed by atoms with Gasteiger partial charge < -0.3 is 15.4 Å². The Morgan fingerprint density at radius 2 is 2.04 bits per heavy atom. The Morgan fingerprint density at radius 3 is 2.58 bits per heavy atom. The number of likely N-dealkylation sites (tertiary alicyclic amines) is 1. The van der Waals surface area contributed by atoms with Crippen LogP contribution in [0.25, 0.3) is 0 Å². The van der Waals surface area contributed by atoms with E-state index in [9.17, 15) is 13.2 Å². The van der Waals surface area contributed by atoms with Gasteiger partial charge in [-0.15, -0.1) is 12.4 Å². The van der Waals surface area contributed by atoms with E-state index in [0.717, 1.165) is 17.1 Å². The molecule has 2 atom stereocenters. The second-order valence-electron chi connectivity index (χ2n) is 6.67. The zero-order chi connectivity index (χ0) is 18.8. The van der Waals surface area contributed by atoms with Gasteiger partial charge in [-0.3, -0.25) is 4.79 Å². The molecule has 0 radical (unpaired) electrons. The van der Waals surface area contributed by atoms with Crippen LogP contribution in [0.2, 0.25) is 0 Å². The number of hydrogen-bond donors (Lipinski definition) is 1. The van der Waals surface area contributed by atoms with Crippen molar-refractivity contribution in [3.63, 3.8) is 0 Å². The zero-order valence-electron chi connectivity index (χ0n) is 15.6. The average molecular weight is 406 g/mol. The SMILES string of the molecule is COc1ccc(C(=O)N2CCCC(C(C)N)C2)cc1S(=O)(=O)N(C)C.Cl. The van der Waals surface area contributed by atoms with E-state index in [-0.39, 0.29) is 40.9 Å². The lowest BCUT2D eigenvalue weighted by Gasteiger charge is -2.34. The summed E-state index contributed by atoms with van der Waals surface area (Å²) in [5, 5.41) is 0. The molecule has 9 heteroatoms. The molecule has 1 aromatic carbocycles. The minimum absolute atomic E-state index is 0. The van der Waals surface area contributed by atoms with Crippen molar-refractivity contribution >= 4 is 28.3 Å². The minimum Gasteiger partial charge on any atom is -0.495 e. The van der Waals surface area contributed by atoms with E-state index in [2.05, 4.69) is 0 Å². The van der Waals surface area contributed by atoms with Gasteiger partial charge in [-0.05, 0) is 43.9 Å². The highest BCUT2D eigenvalue weighted by molar-refractivity contribution is 7.89. The number of benzene rings is 1. The first-order valence-electron chi connectivity index (χ1n) is 8.34. The molecule has 0 aromatic heterocycles. The number of carbonyl (C=O) groups excluding carboxylic acids is 1. The topological polar surface area (TPSA) is 92.9 Å². The van der Waals surface area contributed by atoms with Crippen LogP contribution in [0.1, 0.15) is 30.1 Å². The fraction of sp³-hybridized carbons (Fsp3) is 0.588.